The molecule has 2 aromatic rings. The lowest BCUT2D eigenvalue weighted by atomic mass is 10.5. The second-order valence-electron chi connectivity index (χ2n) is 4.08. The zero-order valence-corrected chi connectivity index (χ0v) is 11.4. The quantitative estimate of drug-likeness (QED) is 0.394. The van der Waals surface area contributed by atoms with Crippen LogP contribution in [-0.4, -0.2) is 48.7 Å². The van der Waals surface area contributed by atoms with Crippen LogP contribution >= 0.6 is 7.60 Å². The van der Waals surface area contributed by atoms with Crippen molar-refractivity contribution in [3.05, 3.63) is 6.33 Å². The normalized spacial score (nSPS) is 12.1. The van der Waals surface area contributed by atoms with E-state index in [1.807, 2.05) is 0 Å². The van der Waals surface area contributed by atoms with E-state index in [4.69, 9.17) is 26.0 Å². The number of nitrogen functional groups attached to an aromatic ring is 2. The fraction of sp³-hybridized carbons (Fsp3) is 0.444. The molecule has 0 aliphatic rings. The standard InChI is InChI=1S/C9H15N6O4P/c10-7-6-8(14-9(11)13-7)15(5-12-6)1-2-19-3-4-20(16,17)18/h5H,1-4H2,(H2,16,17,18)(H4,10,11,13,14). The maximum Gasteiger partial charge on any atom is 0.327 e. The first-order valence-electron chi connectivity index (χ1n) is 5.73. The van der Waals surface area contributed by atoms with Crippen LogP contribution in [0.2, 0.25) is 0 Å². The van der Waals surface area contributed by atoms with Gasteiger partial charge in [-0.15, -0.1) is 0 Å². The second kappa shape index (κ2) is 5.71. The maximum atomic E-state index is 10.6. The van der Waals surface area contributed by atoms with Crippen LogP contribution in [0.5, 0.6) is 0 Å². The minimum atomic E-state index is -4.02. The van der Waals surface area contributed by atoms with E-state index in [0.717, 1.165) is 0 Å². The number of ether oxygens (including phenoxy) is 1. The highest BCUT2D eigenvalue weighted by atomic mass is 31.2. The minimum absolute atomic E-state index is 0.0177. The van der Waals surface area contributed by atoms with Crippen molar-refractivity contribution in [3.63, 3.8) is 0 Å². The Balaban J connectivity index is 1.95. The molecule has 0 atom stereocenters. The van der Waals surface area contributed by atoms with Crippen molar-refractivity contribution in [2.75, 3.05) is 30.8 Å². The molecular formula is C9H15N6O4P. The molecule has 0 fully saturated rings. The topological polar surface area (TPSA) is 162 Å². The van der Waals surface area contributed by atoms with Crippen LogP contribution < -0.4 is 11.5 Å². The van der Waals surface area contributed by atoms with Gasteiger partial charge in [-0.2, -0.15) is 9.97 Å². The van der Waals surface area contributed by atoms with Gasteiger partial charge in [0.15, 0.2) is 11.5 Å². The van der Waals surface area contributed by atoms with E-state index in [1.54, 1.807) is 4.57 Å². The average Bonchev–Trinajstić information content (AvgIpc) is 2.70. The molecular weight excluding hydrogens is 287 g/mol. The molecule has 10 nitrogen and oxygen atoms in total. The summed E-state index contributed by atoms with van der Waals surface area (Å²) in [6.45, 7) is 0.652. The van der Waals surface area contributed by atoms with Gasteiger partial charge < -0.3 is 30.6 Å². The lowest BCUT2D eigenvalue weighted by Crippen LogP contribution is -2.09. The van der Waals surface area contributed by atoms with Crippen molar-refractivity contribution in [2.24, 2.45) is 0 Å². The number of hydrogen-bond acceptors (Lipinski definition) is 7. The Morgan fingerprint density at radius 1 is 1.30 bits per heavy atom. The molecule has 11 heteroatoms. The molecule has 0 aliphatic heterocycles. The third kappa shape index (κ3) is 3.64. The van der Waals surface area contributed by atoms with Crippen LogP contribution in [0.1, 0.15) is 0 Å². The molecule has 0 spiro atoms. The molecule has 20 heavy (non-hydrogen) atoms. The van der Waals surface area contributed by atoms with Crippen LogP contribution in [0.4, 0.5) is 11.8 Å². The smallest absolute Gasteiger partial charge is 0.327 e. The van der Waals surface area contributed by atoms with E-state index in [0.29, 0.717) is 17.7 Å². The van der Waals surface area contributed by atoms with Gasteiger partial charge in [0.2, 0.25) is 5.95 Å². The fourth-order valence-electron chi connectivity index (χ4n) is 1.60. The van der Waals surface area contributed by atoms with Gasteiger partial charge >= 0.3 is 7.60 Å². The molecule has 0 saturated heterocycles. The summed E-state index contributed by atoms with van der Waals surface area (Å²) in [5.74, 6) is 0.257. The Morgan fingerprint density at radius 2 is 2.05 bits per heavy atom. The predicted molar refractivity (Wildman–Crippen MR) is 71.9 cm³/mol. The van der Waals surface area contributed by atoms with Crippen molar-refractivity contribution < 1.29 is 19.1 Å². The highest BCUT2D eigenvalue weighted by Gasteiger charge is 2.12. The lowest BCUT2D eigenvalue weighted by Gasteiger charge is -2.07. The van der Waals surface area contributed by atoms with E-state index < -0.39 is 7.60 Å². The van der Waals surface area contributed by atoms with Crippen LogP contribution in [0.15, 0.2) is 6.33 Å². The van der Waals surface area contributed by atoms with E-state index in [2.05, 4.69) is 15.0 Å². The van der Waals surface area contributed by atoms with Crippen molar-refractivity contribution in [3.8, 4) is 0 Å². The monoisotopic (exact) mass is 302 g/mol. The number of anilines is 2. The summed E-state index contributed by atoms with van der Waals surface area (Å²) in [5.41, 5.74) is 12.1. The summed E-state index contributed by atoms with van der Waals surface area (Å²) in [6, 6.07) is 0. The zero-order valence-electron chi connectivity index (χ0n) is 10.5. The molecule has 0 radical (unpaired) electrons. The van der Waals surface area contributed by atoms with E-state index >= 15 is 0 Å². The Labute approximate surface area is 113 Å². The summed E-state index contributed by atoms with van der Waals surface area (Å²) in [5, 5.41) is 0. The molecule has 2 rings (SSSR count). The van der Waals surface area contributed by atoms with Crippen LogP contribution in [-0.2, 0) is 15.8 Å². The molecule has 0 amide bonds. The van der Waals surface area contributed by atoms with Crippen LogP contribution in [0.3, 0.4) is 0 Å². The molecule has 0 unspecified atom stereocenters. The van der Waals surface area contributed by atoms with E-state index in [-0.39, 0.29) is 31.1 Å². The summed E-state index contributed by atoms with van der Waals surface area (Å²) in [4.78, 5) is 29.3. The van der Waals surface area contributed by atoms with Gasteiger partial charge in [-0.25, -0.2) is 4.98 Å². The first-order valence-corrected chi connectivity index (χ1v) is 7.53. The van der Waals surface area contributed by atoms with Crippen molar-refractivity contribution >= 4 is 30.5 Å². The van der Waals surface area contributed by atoms with Gasteiger partial charge in [0.25, 0.3) is 0 Å². The second-order valence-corrected chi connectivity index (χ2v) is 5.85. The first-order chi connectivity index (χ1) is 9.37. The highest BCUT2D eigenvalue weighted by molar-refractivity contribution is 7.51. The van der Waals surface area contributed by atoms with Crippen molar-refractivity contribution in [1.82, 2.24) is 19.5 Å². The summed E-state index contributed by atoms with van der Waals surface area (Å²) in [6.07, 6.45) is 1.22. The number of hydrogen-bond donors (Lipinski definition) is 4. The van der Waals surface area contributed by atoms with Crippen LogP contribution in [0.25, 0.3) is 11.2 Å². The summed E-state index contributed by atoms with van der Waals surface area (Å²) in [7, 11) is -4.02. The van der Waals surface area contributed by atoms with Gasteiger partial charge in [-0.3, -0.25) is 4.57 Å². The van der Waals surface area contributed by atoms with E-state index in [1.165, 1.54) is 6.33 Å². The molecule has 0 aromatic carbocycles. The molecule has 110 valence electrons. The molecule has 2 heterocycles. The Kier molecular flexibility index (Phi) is 4.19. The summed E-state index contributed by atoms with van der Waals surface area (Å²) >= 11 is 0. The Morgan fingerprint density at radius 3 is 2.75 bits per heavy atom. The van der Waals surface area contributed by atoms with Gasteiger partial charge in [-0.1, -0.05) is 0 Å². The largest absolute Gasteiger partial charge is 0.382 e. The number of imidazole rings is 1. The number of nitrogens with two attached hydrogens (primary N) is 2. The van der Waals surface area contributed by atoms with Crippen molar-refractivity contribution in [2.45, 2.75) is 6.54 Å². The van der Waals surface area contributed by atoms with Crippen molar-refractivity contribution in [1.29, 1.82) is 0 Å². The Bertz CT molecular complexity index is 653. The number of rotatable bonds is 6. The van der Waals surface area contributed by atoms with Gasteiger partial charge in [0.1, 0.15) is 5.52 Å². The fourth-order valence-corrected chi connectivity index (χ4v) is 1.96. The van der Waals surface area contributed by atoms with Crippen LogP contribution in [0, 0.1) is 0 Å². The number of aromatic nitrogens is 4. The SMILES string of the molecule is Nc1nc(N)c2ncn(CCOCCP(=O)(O)O)c2n1. The lowest BCUT2D eigenvalue weighted by molar-refractivity contribution is 0.137. The maximum absolute atomic E-state index is 10.6. The molecule has 2 aromatic heterocycles. The third-order valence-corrected chi connectivity index (χ3v) is 3.28. The van der Waals surface area contributed by atoms with Gasteiger partial charge in [-0.05, 0) is 0 Å². The summed E-state index contributed by atoms with van der Waals surface area (Å²) < 4.78 is 17.5. The van der Waals surface area contributed by atoms with Gasteiger partial charge in [0.05, 0.1) is 25.7 Å². The zero-order chi connectivity index (χ0) is 14.8. The third-order valence-electron chi connectivity index (χ3n) is 2.51. The minimum Gasteiger partial charge on any atom is -0.382 e. The number of fused-ring (bicyclic) bond motifs is 1. The molecule has 6 N–H and O–H groups in total. The molecule has 0 aliphatic carbocycles. The first kappa shape index (κ1) is 14.7. The molecule has 0 saturated carbocycles. The highest BCUT2D eigenvalue weighted by Crippen LogP contribution is 2.33. The van der Waals surface area contributed by atoms with Gasteiger partial charge in [0, 0.05) is 6.54 Å². The Hall–Kier alpha value is -1.74. The van der Waals surface area contributed by atoms with E-state index in [9.17, 15) is 4.57 Å². The molecule has 0 bridgehead atoms. The number of nitrogens with zero attached hydrogens (tertiary/aromatic N) is 4. The average molecular weight is 302 g/mol. The predicted octanol–water partition coefficient (Wildman–Crippen LogP) is -0.815.